The first kappa shape index (κ1) is 19.0. The second kappa shape index (κ2) is 8.71. The summed E-state index contributed by atoms with van der Waals surface area (Å²) < 4.78 is 9.06. The van der Waals surface area contributed by atoms with Crippen LogP contribution in [0.2, 0.25) is 0 Å². The summed E-state index contributed by atoms with van der Waals surface area (Å²) in [6.45, 7) is 3.38. The number of ether oxygens (including phenoxy) is 1. The highest BCUT2D eigenvalue weighted by Crippen LogP contribution is 2.29. The Kier molecular flexibility index (Phi) is 6.35. The number of carbonyl (C=O) groups is 1. The maximum Gasteiger partial charge on any atom is 0.303 e. The van der Waals surface area contributed by atoms with Gasteiger partial charge >= 0.3 is 5.97 Å². The van der Waals surface area contributed by atoms with Gasteiger partial charge in [-0.1, -0.05) is 28.8 Å². The minimum atomic E-state index is -0.799. The van der Waals surface area contributed by atoms with Crippen molar-refractivity contribution in [2.24, 2.45) is 5.92 Å². The van der Waals surface area contributed by atoms with E-state index in [1.54, 1.807) is 0 Å². The van der Waals surface area contributed by atoms with Gasteiger partial charge in [0.2, 0.25) is 0 Å². The summed E-state index contributed by atoms with van der Waals surface area (Å²) in [6, 6.07) is 8.04. The lowest BCUT2D eigenvalue weighted by Crippen LogP contribution is -2.11. The number of carboxylic acids is 1. The van der Waals surface area contributed by atoms with Crippen molar-refractivity contribution < 1.29 is 14.6 Å². The van der Waals surface area contributed by atoms with Crippen molar-refractivity contribution in [3.63, 3.8) is 0 Å². The molecule has 6 heteroatoms. The Morgan fingerprint density at radius 3 is 2.85 bits per heavy atom. The third-order valence-corrected chi connectivity index (χ3v) is 5.41. The largest absolute Gasteiger partial charge is 0.493 e. The number of aliphatic carboxylic acids is 1. The number of benzene rings is 1. The lowest BCUT2D eigenvalue weighted by molar-refractivity contribution is -0.136. The van der Waals surface area contributed by atoms with Crippen molar-refractivity contribution in [1.82, 2.24) is 9.78 Å². The highest BCUT2D eigenvalue weighted by atomic mass is 79.9. The van der Waals surface area contributed by atoms with Gasteiger partial charge in [0.15, 0.2) is 0 Å². The van der Waals surface area contributed by atoms with Gasteiger partial charge in [0.1, 0.15) is 5.75 Å². The van der Waals surface area contributed by atoms with Crippen LogP contribution in [0.25, 0.3) is 0 Å². The fourth-order valence-corrected chi connectivity index (χ4v) is 3.86. The number of carboxylic acid groups (broad SMARTS) is 1. The number of hydrogen-bond donors (Lipinski definition) is 1. The average Bonchev–Trinajstić information content (AvgIpc) is 3.22. The molecule has 1 heterocycles. The number of aryl methyl sites for hydroxylation is 2. The summed E-state index contributed by atoms with van der Waals surface area (Å²) in [4.78, 5) is 10.8. The van der Waals surface area contributed by atoms with Gasteiger partial charge in [-0.15, -0.1) is 0 Å². The molecule has 3 rings (SSSR count). The second-order valence-electron chi connectivity index (χ2n) is 7.04. The molecule has 1 aromatic carbocycles. The van der Waals surface area contributed by atoms with Crippen LogP contribution in [0.3, 0.4) is 0 Å². The number of halogens is 1. The van der Waals surface area contributed by atoms with Crippen LogP contribution >= 0.6 is 15.9 Å². The lowest BCUT2D eigenvalue weighted by Gasteiger charge is -2.16. The first-order valence-electron chi connectivity index (χ1n) is 9.17. The summed E-state index contributed by atoms with van der Waals surface area (Å²) >= 11 is 3.54. The fraction of sp³-hybridized carbons (Fsp3) is 0.500. The van der Waals surface area contributed by atoms with E-state index in [4.69, 9.17) is 9.84 Å². The molecule has 26 heavy (non-hydrogen) atoms. The SMILES string of the molecule is Cc1cc(CCC(=O)O)nn1Cc1cc(Br)ccc1OCC1CCCC1. The molecular formula is C20H25BrN2O3. The van der Waals surface area contributed by atoms with Crippen LogP contribution in [0.15, 0.2) is 28.7 Å². The molecule has 2 aromatic rings. The van der Waals surface area contributed by atoms with Gasteiger partial charge in [0, 0.05) is 22.2 Å². The summed E-state index contributed by atoms with van der Waals surface area (Å²) in [5.41, 5.74) is 2.91. The Hall–Kier alpha value is -1.82. The molecule has 0 atom stereocenters. The van der Waals surface area contributed by atoms with E-state index in [2.05, 4.69) is 27.1 Å². The minimum Gasteiger partial charge on any atom is -0.493 e. The van der Waals surface area contributed by atoms with E-state index in [1.165, 1.54) is 25.7 Å². The first-order valence-corrected chi connectivity index (χ1v) is 9.97. The van der Waals surface area contributed by atoms with E-state index in [0.29, 0.717) is 18.9 Å². The van der Waals surface area contributed by atoms with Crippen LogP contribution < -0.4 is 4.74 Å². The van der Waals surface area contributed by atoms with E-state index >= 15 is 0 Å². The van der Waals surface area contributed by atoms with Crippen molar-refractivity contribution >= 4 is 21.9 Å². The Balaban J connectivity index is 1.71. The lowest BCUT2D eigenvalue weighted by atomic mass is 10.1. The Morgan fingerprint density at radius 1 is 1.35 bits per heavy atom. The van der Waals surface area contributed by atoms with Gasteiger partial charge in [0.25, 0.3) is 0 Å². The van der Waals surface area contributed by atoms with Crippen molar-refractivity contribution in [3.05, 3.63) is 45.7 Å². The molecule has 5 nitrogen and oxygen atoms in total. The van der Waals surface area contributed by atoms with Crippen LogP contribution in [0.5, 0.6) is 5.75 Å². The molecule has 0 aliphatic heterocycles. The molecule has 1 saturated carbocycles. The quantitative estimate of drug-likeness (QED) is 0.677. The van der Waals surface area contributed by atoms with Crippen LogP contribution in [0.1, 0.15) is 49.1 Å². The Bertz CT molecular complexity index is 766. The van der Waals surface area contributed by atoms with Crippen LogP contribution in [-0.2, 0) is 17.8 Å². The fourth-order valence-electron chi connectivity index (χ4n) is 3.45. The van der Waals surface area contributed by atoms with E-state index in [1.807, 2.05) is 29.8 Å². The van der Waals surface area contributed by atoms with Gasteiger partial charge in [-0.2, -0.15) is 5.10 Å². The van der Waals surface area contributed by atoms with E-state index in [0.717, 1.165) is 33.8 Å². The highest BCUT2D eigenvalue weighted by Gasteiger charge is 2.17. The molecule has 0 saturated heterocycles. The van der Waals surface area contributed by atoms with Gasteiger partial charge in [0.05, 0.1) is 25.3 Å². The molecule has 0 unspecified atom stereocenters. The molecule has 140 valence electrons. The monoisotopic (exact) mass is 420 g/mol. The average molecular weight is 421 g/mol. The zero-order valence-electron chi connectivity index (χ0n) is 15.1. The molecule has 1 aromatic heterocycles. The van der Waals surface area contributed by atoms with Crippen molar-refractivity contribution in [2.45, 2.75) is 52.0 Å². The normalized spacial score (nSPS) is 14.7. The molecule has 1 N–H and O–H groups in total. The number of nitrogens with zero attached hydrogens (tertiary/aromatic N) is 2. The predicted molar refractivity (Wildman–Crippen MR) is 104 cm³/mol. The van der Waals surface area contributed by atoms with Crippen LogP contribution in [0, 0.1) is 12.8 Å². The predicted octanol–water partition coefficient (Wildman–Crippen LogP) is 4.59. The maximum atomic E-state index is 10.8. The molecule has 0 bridgehead atoms. The van der Waals surface area contributed by atoms with Crippen molar-refractivity contribution in [2.75, 3.05) is 6.61 Å². The molecule has 0 amide bonds. The Morgan fingerprint density at radius 2 is 2.12 bits per heavy atom. The molecule has 1 aliphatic rings. The van der Waals surface area contributed by atoms with Gasteiger partial charge in [-0.3, -0.25) is 9.48 Å². The Labute approximate surface area is 162 Å². The third kappa shape index (κ3) is 5.10. The maximum absolute atomic E-state index is 10.8. The second-order valence-corrected chi connectivity index (χ2v) is 7.96. The zero-order chi connectivity index (χ0) is 18.5. The zero-order valence-corrected chi connectivity index (χ0v) is 16.7. The van der Waals surface area contributed by atoms with Crippen molar-refractivity contribution in [1.29, 1.82) is 0 Å². The van der Waals surface area contributed by atoms with E-state index in [-0.39, 0.29) is 6.42 Å². The van der Waals surface area contributed by atoms with Gasteiger partial charge in [-0.05, 0) is 49.9 Å². The van der Waals surface area contributed by atoms with Gasteiger partial charge in [-0.25, -0.2) is 0 Å². The van der Waals surface area contributed by atoms with Crippen LogP contribution in [-0.4, -0.2) is 27.5 Å². The molecular weight excluding hydrogens is 396 g/mol. The molecule has 0 radical (unpaired) electrons. The summed E-state index contributed by atoms with van der Waals surface area (Å²) in [5, 5.41) is 13.4. The van der Waals surface area contributed by atoms with E-state index < -0.39 is 5.97 Å². The number of aromatic nitrogens is 2. The smallest absolute Gasteiger partial charge is 0.303 e. The molecule has 0 spiro atoms. The summed E-state index contributed by atoms with van der Waals surface area (Å²) in [5.74, 6) is 0.773. The van der Waals surface area contributed by atoms with Crippen LogP contribution in [0.4, 0.5) is 0 Å². The summed E-state index contributed by atoms with van der Waals surface area (Å²) in [6.07, 6.45) is 5.70. The first-order chi connectivity index (χ1) is 12.5. The number of hydrogen-bond acceptors (Lipinski definition) is 3. The topological polar surface area (TPSA) is 64.3 Å². The van der Waals surface area contributed by atoms with E-state index in [9.17, 15) is 4.79 Å². The van der Waals surface area contributed by atoms with Gasteiger partial charge < -0.3 is 9.84 Å². The van der Waals surface area contributed by atoms with Crippen molar-refractivity contribution in [3.8, 4) is 5.75 Å². The molecule has 1 fully saturated rings. The number of rotatable bonds is 8. The minimum absolute atomic E-state index is 0.100. The molecule has 1 aliphatic carbocycles. The summed E-state index contributed by atoms with van der Waals surface area (Å²) in [7, 11) is 0. The highest BCUT2D eigenvalue weighted by molar-refractivity contribution is 9.10. The standard InChI is InChI=1S/C20H25BrN2O3/c1-14-10-18(7-9-20(24)25)22-23(14)12-16-11-17(21)6-8-19(16)26-13-15-4-2-3-5-15/h6,8,10-11,15H,2-5,7,9,12-13H2,1H3,(H,24,25). The third-order valence-electron chi connectivity index (χ3n) is 4.92.